The average molecular weight is 317 g/mol. The van der Waals surface area contributed by atoms with Crippen LogP contribution in [0.25, 0.3) is 0 Å². The number of nitrogens with one attached hydrogen (secondary N) is 1. The molecule has 1 fully saturated rings. The molecule has 2 rings (SSSR count). The molecule has 5 heteroatoms. The molecule has 0 atom stereocenters. The minimum atomic E-state index is -0.230. The van der Waals surface area contributed by atoms with E-state index >= 15 is 0 Å². The number of hydrogen-bond donors (Lipinski definition) is 3. The summed E-state index contributed by atoms with van der Waals surface area (Å²) in [6.07, 6.45) is 6.05. The zero-order valence-corrected chi connectivity index (χ0v) is 13.3. The quantitative estimate of drug-likeness (QED) is 0.327. The Morgan fingerprint density at radius 1 is 1.43 bits per heavy atom. The van der Waals surface area contributed by atoms with E-state index in [0.717, 1.165) is 37.1 Å². The van der Waals surface area contributed by atoms with Gasteiger partial charge in [-0.25, -0.2) is 4.39 Å². The van der Waals surface area contributed by atoms with Crippen molar-refractivity contribution < 1.29 is 9.60 Å². The van der Waals surface area contributed by atoms with E-state index in [1.54, 1.807) is 12.1 Å². The van der Waals surface area contributed by atoms with Gasteiger partial charge < -0.3 is 16.3 Å². The van der Waals surface area contributed by atoms with Gasteiger partial charge in [0.25, 0.3) is 0 Å². The second-order valence-corrected chi connectivity index (χ2v) is 5.84. The van der Waals surface area contributed by atoms with Crippen LogP contribution in [-0.2, 0) is 12.8 Å². The summed E-state index contributed by atoms with van der Waals surface area (Å²) in [7, 11) is 0. The molecule has 0 aliphatic carbocycles. The van der Waals surface area contributed by atoms with Crippen LogP contribution in [0.5, 0.6) is 0 Å². The highest BCUT2D eigenvalue weighted by atomic mass is 19.1. The summed E-state index contributed by atoms with van der Waals surface area (Å²) in [5.74, 6) is 0.0620. The highest BCUT2D eigenvalue weighted by molar-refractivity contribution is 5.79. The molecule has 1 aliphatic rings. The van der Waals surface area contributed by atoms with Gasteiger partial charge in [0.2, 0.25) is 0 Å². The fourth-order valence-electron chi connectivity index (χ4n) is 3.02. The number of oxime groups is 1. The molecule has 0 spiro atoms. The van der Waals surface area contributed by atoms with Crippen LogP contribution >= 0.6 is 0 Å². The lowest BCUT2D eigenvalue weighted by atomic mass is 9.88. The van der Waals surface area contributed by atoms with Gasteiger partial charge >= 0.3 is 0 Å². The largest absolute Gasteiger partial charge is 0.411 e. The van der Waals surface area contributed by atoms with Crippen molar-refractivity contribution in [3.8, 4) is 0 Å². The Kier molecular flexibility index (Phi) is 6.35. The number of allylic oxidation sites excluding steroid dienone is 3. The Labute approximate surface area is 136 Å². The van der Waals surface area contributed by atoms with Crippen molar-refractivity contribution in [1.29, 1.82) is 0 Å². The predicted octanol–water partition coefficient (Wildman–Crippen LogP) is 2.77. The summed E-state index contributed by atoms with van der Waals surface area (Å²) < 4.78 is 13.7. The molecular formula is C18H24FN3O. The summed E-state index contributed by atoms with van der Waals surface area (Å²) >= 11 is 0. The fourth-order valence-corrected chi connectivity index (χ4v) is 3.02. The number of halogens is 1. The van der Waals surface area contributed by atoms with E-state index in [0.29, 0.717) is 30.0 Å². The number of piperidine rings is 1. The maximum absolute atomic E-state index is 13.7. The first-order valence-corrected chi connectivity index (χ1v) is 7.90. The van der Waals surface area contributed by atoms with Crippen molar-refractivity contribution in [3.63, 3.8) is 0 Å². The van der Waals surface area contributed by atoms with E-state index in [4.69, 9.17) is 10.9 Å². The highest BCUT2D eigenvalue weighted by Crippen LogP contribution is 2.23. The summed E-state index contributed by atoms with van der Waals surface area (Å²) in [5.41, 5.74) is 9.38. The monoisotopic (exact) mass is 317 g/mol. The molecular weight excluding hydrogens is 293 g/mol. The van der Waals surface area contributed by atoms with Gasteiger partial charge in [-0.05, 0) is 61.0 Å². The number of hydrogen-bond acceptors (Lipinski definition) is 4. The number of benzene rings is 1. The third kappa shape index (κ3) is 4.66. The summed E-state index contributed by atoms with van der Waals surface area (Å²) in [6, 6.07) is 5.02. The molecule has 1 aromatic rings. The first kappa shape index (κ1) is 17.2. The lowest BCUT2D eigenvalue weighted by Crippen LogP contribution is -2.30. The Morgan fingerprint density at radius 3 is 2.83 bits per heavy atom. The molecule has 0 bridgehead atoms. The van der Waals surface area contributed by atoms with Gasteiger partial charge in [-0.1, -0.05) is 23.4 Å². The molecule has 0 radical (unpaired) electrons. The molecule has 1 saturated heterocycles. The van der Waals surface area contributed by atoms with Gasteiger partial charge in [-0.2, -0.15) is 0 Å². The summed E-state index contributed by atoms with van der Waals surface area (Å²) in [5, 5.41) is 15.4. The number of nitrogens with two attached hydrogens (primary N) is 1. The summed E-state index contributed by atoms with van der Waals surface area (Å²) in [4.78, 5) is 0. The van der Waals surface area contributed by atoms with E-state index < -0.39 is 0 Å². The Morgan fingerprint density at radius 2 is 2.17 bits per heavy atom. The highest BCUT2D eigenvalue weighted by Gasteiger charge is 2.19. The average Bonchev–Trinajstić information content (AvgIpc) is 2.56. The van der Waals surface area contributed by atoms with Crippen LogP contribution in [0, 0.1) is 11.7 Å². The second kappa shape index (κ2) is 8.48. The van der Waals surface area contributed by atoms with Crippen molar-refractivity contribution in [2.24, 2.45) is 16.8 Å². The van der Waals surface area contributed by atoms with Gasteiger partial charge in [0.05, 0.1) is 6.21 Å². The zero-order valence-electron chi connectivity index (χ0n) is 13.3. The van der Waals surface area contributed by atoms with Gasteiger partial charge in [0.15, 0.2) is 0 Å². The van der Waals surface area contributed by atoms with Crippen LogP contribution < -0.4 is 11.1 Å². The first-order chi connectivity index (χ1) is 11.2. The number of rotatable bonds is 6. The molecule has 23 heavy (non-hydrogen) atoms. The third-order valence-corrected chi connectivity index (χ3v) is 4.22. The standard InChI is InChI=1S/C18H24FN3O/c1-2-3-15-10-13(4-5-17(15)19)11-18(20)16(12-22-23)14-6-8-21-9-7-14/h2,4-5,10,12,14,21,23H,1,3,6-9,11,20H2/b18-16+,22-12+. The van der Waals surface area contributed by atoms with Crippen molar-refractivity contribution in [3.05, 3.63) is 59.1 Å². The minimum absolute atomic E-state index is 0.230. The van der Waals surface area contributed by atoms with Crippen molar-refractivity contribution in [1.82, 2.24) is 5.32 Å². The SMILES string of the molecule is C=CCc1cc(C/C(N)=C(/C=N/O)C2CCNCC2)ccc1F. The van der Waals surface area contributed by atoms with E-state index in [-0.39, 0.29) is 5.82 Å². The first-order valence-electron chi connectivity index (χ1n) is 7.90. The van der Waals surface area contributed by atoms with E-state index in [1.807, 2.05) is 6.07 Å². The smallest absolute Gasteiger partial charge is 0.126 e. The molecule has 0 saturated carbocycles. The van der Waals surface area contributed by atoms with Gasteiger partial charge in [-0.15, -0.1) is 6.58 Å². The van der Waals surface area contributed by atoms with E-state index in [9.17, 15) is 4.39 Å². The van der Waals surface area contributed by atoms with Gasteiger partial charge in [0, 0.05) is 12.1 Å². The van der Waals surface area contributed by atoms with Crippen LogP contribution in [0.15, 0.2) is 47.3 Å². The molecule has 4 nitrogen and oxygen atoms in total. The Hall–Kier alpha value is -2.14. The van der Waals surface area contributed by atoms with Crippen molar-refractivity contribution >= 4 is 6.21 Å². The van der Waals surface area contributed by atoms with Gasteiger partial charge in [0.1, 0.15) is 5.82 Å². The lowest BCUT2D eigenvalue weighted by Gasteiger charge is -2.24. The van der Waals surface area contributed by atoms with Crippen LogP contribution in [0.1, 0.15) is 24.0 Å². The molecule has 1 heterocycles. The van der Waals surface area contributed by atoms with Crippen LogP contribution in [0.2, 0.25) is 0 Å². The van der Waals surface area contributed by atoms with Crippen LogP contribution in [0.3, 0.4) is 0 Å². The van der Waals surface area contributed by atoms with Crippen molar-refractivity contribution in [2.45, 2.75) is 25.7 Å². The zero-order chi connectivity index (χ0) is 16.7. The molecule has 1 aromatic carbocycles. The molecule has 0 unspecified atom stereocenters. The topological polar surface area (TPSA) is 70.6 Å². The molecule has 4 N–H and O–H groups in total. The van der Waals surface area contributed by atoms with Crippen molar-refractivity contribution in [2.75, 3.05) is 13.1 Å². The normalized spacial score (nSPS) is 17.3. The maximum atomic E-state index is 13.7. The third-order valence-electron chi connectivity index (χ3n) is 4.22. The van der Waals surface area contributed by atoms with Crippen LogP contribution in [-0.4, -0.2) is 24.5 Å². The number of nitrogens with zero attached hydrogens (tertiary/aromatic N) is 1. The molecule has 124 valence electrons. The lowest BCUT2D eigenvalue weighted by molar-refractivity contribution is 0.320. The summed E-state index contributed by atoms with van der Waals surface area (Å²) in [6.45, 7) is 5.51. The van der Waals surface area contributed by atoms with E-state index in [2.05, 4.69) is 17.1 Å². The Bertz CT molecular complexity index is 604. The predicted molar refractivity (Wildman–Crippen MR) is 91.1 cm³/mol. The molecule has 1 aliphatic heterocycles. The Balaban J connectivity index is 2.23. The van der Waals surface area contributed by atoms with Crippen LogP contribution in [0.4, 0.5) is 4.39 Å². The maximum Gasteiger partial charge on any atom is 0.126 e. The molecule has 0 amide bonds. The molecule has 0 aromatic heterocycles. The van der Waals surface area contributed by atoms with Gasteiger partial charge in [-0.3, -0.25) is 0 Å². The van der Waals surface area contributed by atoms with E-state index in [1.165, 1.54) is 12.3 Å². The fraction of sp³-hybridized carbons (Fsp3) is 0.389. The second-order valence-electron chi connectivity index (χ2n) is 5.84. The minimum Gasteiger partial charge on any atom is -0.411 e.